The molecule has 2 aromatic carbocycles. The van der Waals surface area contributed by atoms with Gasteiger partial charge in [-0.1, -0.05) is 30.3 Å². The van der Waals surface area contributed by atoms with Crippen molar-refractivity contribution in [1.29, 1.82) is 0 Å². The summed E-state index contributed by atoms with van der Waals surface area (Å²) in [5.41, 5.74) is 4.35. The Morgan fingerprint density at radius 1 is 0.967 bits per heavy atom. The Labute approximate surface area is 183 Å². The molecule has 2 heterocycles. The van der Waals surface area contributed by atoms with Gasteiger partial charge in [-0.25, -0.2) is 5.43 Å². The molecular formula is C22H19BrN3O4+. The van der Waals surface area contributed by atoms with Crippen molar-refractivity contribution in [2.75, 3.05) is 6.79 Å². The zero-order valence-electron chi connectivity index (χ0n) is 15.9. The van der Waals surface area contributed by atoms with Gasteiger partial charge in [0.25, 0.3) is 5.91 Å². The number of hydrogen-bond donors (Lipinski definition) is 1. The number of carbonyl (C=O) groups excluding carboxylic acids is 2. The van der Waals surface area contributed by atoms with Crippen LogP contribution in [0.3, 0.4) is 0 Å². The number of rotatable bonds is 6. The summed E-state index contributed by atoms with van der Waals surface area (Å²) >= 11 is 0. The first-order chi connectivity index (χ1) is 14.2. The van der Waals surface area contributed by atoms with Crippen LogP contribution in [0.5, 0.6) is 11.5 Å². The molecule has 8 heteroatoms. The van der Waals surface area contributed by atoms with Gasteiger partial charge in [0.15, 0.2) is 23.9 Å². The van der Waals surface area contributed by atoms with Gasteiger partial charge >= 0.3 is 0 Å². The molecule has 0 spiro atoms. The number of ether oxygens (including phenoxy) is 2. The van der Waals surface area contributed by atoms with E-state index >= 15 is 0 Å². The Balaban J connectivity index is 0.00000256. The maximum Gasteiger partial charge on any atom is 0.271 e. The Morgan fingerprint density at radius 3 is 2.47 bits per heavy atom. The predicted octanol–water partition coefficient (Wildman–Crippen LogP) is 2.93. The van der Waals surface area contributed by atoms with Gasteiger partial charge in [0.2, 0.25) is 19.1 Å². The summed E-state index contributed by atoms with van der Waals surface area (Å²) in [7, 11) is 0. The average molecular weight is 469 g/mol. The molecule has 3 aromatic rings. The van der Waals surface area contributed by atoms with Gasteiger partial charge in [-0.2, -0.15) is 9.67 Å². The summed E-state index contributed by atoms with van der Waals surface area (Å²) < 4.78 is 12.3. The van der Waals surface area contributed by atoms with Crippen LogP contribution in [-0.2, 0) is 6.54 Å². The molecule has 7 nitrogen and oxygen atoms in total. The summed E-state index contributed by atoms with van der Waals surface area (Å²) in [6, 6.07) is 17.8. The topological polar surface area (TPSA) is 80.9 Å². The highest BCUT2D eigenvalue weighted by atomic mass is 79.9. The van der Waals surface area contributed by atoms with E-state index < -0.39 is 0 Å². The number of nitrogens with zero attached hydrogens (tertiary/aromatic N) is 2. The lowest BCUT2D eigenvalue weighted by Gasteiger charge is -2.01. The fourth-order valence-electron chi connectivity index (χ4n) is 2.82. The minimum Gasteiger partial charge on any atom is -0.454 e. The zero-order valence-corrected chi connectivity index (χ0v) is 17.6. The average Bonchev–Trinajstić information content (AvgIpc) is 3.23. The number of ketones is 1. The number of Topliss-reactive ketones (excluding diaryl/α,β-unsaturated/α-hetero) is 1. The van der Waals surface area contributed by atoms with Crippen molar-refractivity contribution in [1.82, 2.24) is 5.43 Å². The maximum absolute atomic E-state index is 12.2. The second kappa shape index (κ2) is 9.80. The van der Waals surface area contributed by atoms with Crippen LogP contribution in [0, 0.1) is 0 Å². The fourth-order valence-corrected chi connectivity index (χ4v) is 2.82. The van der Waals surface area contributed by atoms with Gasteiger partial charge in [0.1, 0.15) is 0 Å². The minimum absolute atomic E-state index is 0. The van der Waals surface area contributed by atoms with Crippen LogP contribution < -0.4 is 19.5 Å². The quantitative estimate of drug-likeness (QED) is 0.261. The molecule has 1 aliphatic heterocycles. The molecule has 0 aliphatic carbocycles. The molecule has 0 bridgehead atoms. The number of benzene rings is 2. The van der Waals surface area contributed by atoms with Crippen molar-refractivity contribution in [2.24, 2.45) is 5.10 Å². The molecule has 0 atom stereocenters. The van der Waals surface area contributed by atoms with Gasteiger partial charge < -0.3 is 9.47 Å². The number of pyridine rings is 1. The summed E-state index contributed by atoms with van der Waals surface area (Å²) in [5.74, 6) is 0.997. The van der Waals surface area contributed by atoms with Crippen molar-refractivity contribution >= 4 is 34.9 Å². The number of halogens is 1. The van der Waals surface area contributed by atoms with Crippen LogP contribution in [0.4, 0.5) is 0 Å². The normalized spacial score (nSPS) is 11.7. The molecule has 152 valence electrons. The summed E-state index contributed by atoms with van der Waals surface area (Å²) in [4.78, 5) is 24.5. The van der Waals surface area contributed by atoms with E-state index in [9.17, 15) is 9.59 Å². The second-order valence-corrected chi connectivity index (χ2v) is 6.36. The van der Waals surface area contributed by atoms with E-state index in [-0.39, 0.29) is 42.0 Å². The summed E-state index contributed by atoms with van der Waals surface area (Å²) in [5, 5.41) is 3.97. The largest absolute Gasteiger partial charge is 0.454 e. The summed E-state index contributed by atoms with van der Waals surface area (Å²) in [6.07, 6.45) is 4.91. The highest BCUT2D eigenvalue weighted by Crippen LogP contribution is 2.31. The van der Waals surface area contributed by atoms with Gasteiger partial charge in [-0.15, -0.1) is 17.0 Å². The van der Waals surface area contributed by atoms with Crippen molar-refractivity contribution in [3.05, 3.63) is 89.7 Å². The van der Waals surface area contributed by atoms with E-state index in [0.717, 1.165) is 5.56 Å². The monoisotopic (exact) mass is 468 g/mol. The van der Waals surface area contributed by atoms with E-state index in [1.807, 2.05) is 24.3 Å². The third kappa shape index (κ3) is 5.09. The van der Waals surface area contributed by atoms with E-state index in [4.69, 9.17) is 9.47 Å². The van der Waals surface area contributed by atoms with Gasteiger partial charge in [0.05, 0.1) is 11.8 Å². The fraction of sp³-hybridized carbons (Fsp3) is 0.0909. The van der Waals surface area contributed by atoms with E-state index in [0.29, 0.717) is 22.6 Å². The lowest BCUT2D eigenvalue weighted by atomic mass is 10.1. The smallest absolute Gasteiger partial charge is 0.271 e. The third-order valence-corrected chi connectivity index (χ3v) is 4.35. The van der Waals surface area contributed by atoms with E-state index in [2.05, 4.69) is 10.5 Å². The maximum atomic E-state index is 12.2. The van der Waals surface area contributed by atoms with Crippen LogP contribution in [0.2, 0.25) is 0 Å². The van der Waals surface area contributed by atoms with E-state index in [1.165, 1.54) is 6.21 Å². The van der Waals surface area contributed by atoms with Gasteiger partial charge in [-0.05, 0) is 23.8 Å². The lowest BCUT2D eigenvalue weighted by Crippen LogP contribution is -2.37. The molecule has 0 saturated heterocycles. The number of aromatic nitrogens is 1. The molecule has 1 aliphatic rings. The molecule has 0 saturated carbocycles. The first-order valence-electron chi connectivity index (χ1n) is 8.99. The number of nitrogens with one attached hydrogen (secondary N) is 1. The third-order valence-electron chi connectivity index (χ3n) is 4.35. The number of fused-ring (bicyclic) bond motifs is 1. The first kappa shape index (κ1) is 21.2. The highest BCUT2D eigenvalue weighted by molar-refractivity contribution is 8.93. The van der Waals surface area contributed by atoms with E-state index in [1.54, 1.807) is 53.4 Å². The molecule has 0 unspecified atom stereocenters. The predicted molar refractivity (Wildman–Crippen MR) is 115 cm³/mol. The molecular weight excluding hydrogens is 450 g/mol. The van der Waals surface area contributed by atoms with Crippen LogP contribution in [0.15, 0.2) is 78.2 Å². The number of amides is 1. The molecule has 30 heavy (non-hydrogen) atoms. The minimum atomic E-state index is -0.344. The molecule has 4 rings (SSSR count). The van der Waals surface area contributed by atoms with Crippen LogP contribution in [0.25, 0.3) is 0 Å². The number of hydrogen-bond acceptors (Lipinski definition) is 5. The SMILES string of the molecule is Br.O=C(C[n+]1ccc(C(=O)N/N=C/c2ccc3c(c2)OCO3)cc1)c1ccccc1. The van der Waals surface area contributed by atoms with Crippen LogP contribution in [-0.4, -0.2) is 24.7 Å². The zero-order chi connectivity index (χ0) is 20.1. The van der Waals surface area contributed by atoms with Gasteiger partial charge in [-0.3, -0.25) is 9.59 Å². The molecule has 1 aromatic heterocycles. The molecule has 1 N–H and O–H groups in total. The summed E-state index contributed by atoms with van der Waals surface area (Å²) in [6.45, 7) is 0.409. The standard InChI is InChI=1S/C22H17N3O4.BrH/c26-19(17-4-2-1-3-5-17)14-25-10-8-18(9-11-25)22(27)24-23-13-16-6-7-20-21(12-16)29-15-28-20;/h1-13H,14-15H2;1H/p+1. The lowest BCUT2D eigenvalue weighted by molar-refractivity contribution is -0.683. The highest BCUT2D eigenvalue weighted by Gasteiger charge is 2.14. The Bertz CT molecular complexity index is 1070. The Hall–Kier alpha value is -3.52. The number of carbonyl (C=O) groups is 2. The van der Waals surface area contributed by atoms with Crippen LogP contribution in [0.1, 0.15) is 26.3 Å². The number of hydrazone groups is 1. The molecule has 0 radical (unpaired) electrons. The first-order valence-corrected chi connectivity index (χ1v) is 8.99. The second-order valence-electron chi connectivity index (χ2n) is 6.36. The van der Waals surface area contributed by atoms with Gasteiger partial charge in [0, 0.05) is 17.7 Å². The van der Waals surface area contributed by atoms with Crippen molar-refractivity contribution in [3.8, 4) is 11.5 Å². The Kier molecular flexibility index (Phi) is 6.92. The van der Waals surface area contributed by atoms with Crippen molar-refractivity contribution < 1.29 is 23.6 Å². The molecule has 1 amide bonds. The molecule has 0 fully saturated rings. The van der Waals surface area contributed by atoms with Crippen molar-refractivity contribution in [2.45, 2.75) is 6.54 Å². The Morgan fingerprint density at radius 2 is 1.70 bits per heavy atom. The van der Waals surface area contributed by atoms with Crippen molar-refractivity contribution in [3.63, 3.8) is 0 Å². The van der Waals surface area contributed by atoms with Crippen LogP contribution >= 0.6 is 17.0 Å².